The number of hydrogen-bond donors (Lipinski definition) is 3. The lowest BCUT2D eigenvalue weighted by molar-refractivity contribution is -0.115. The molecule has 2 aromatic rings. The van der Waals surface area contributed by atoms with Crippen LogP contribution in [0.25, 0.3) is 0 Å². The highest BCUT2D eigenvalue weighted by Gasteiger charge is 2.18. The highest BCUT2D eigenvalue weighted by atomic mass is 32.1. The first-order valence-corrected chi connectivity index (χ1v) is 7.01. The number of carboxylic acid groups (broad SMARTS) is 2. The van der Waals surface area contributed by atoms with Gasteiger partial charge in [0.1, 0.15) is 4.88 Å². The van der Waals surface area contributed by atoms with Crippen molar-refractivity contribution in [2.45, 2.75) is 13.3 Å². The molecule has 1 aromatic heterocycles. The summed E-state index contributed by atoms with van der Waals surface area (Å²) in [5, 5.41) is 21.0. The highest BCUT2D eigenvalue weighted by molar-refractivity contribution is 7.13. The maximum atomic E-state index is 11.9. The second-order valence-corrected chi connectivity index (χ2v) is 5.62. The average molecular weight is 320 g/mol. The lowest BCUT2D eigenvalue weighted by atomic mass is 10.2. The summed E-state index contributed by atoms with van der Waals surface area (Å²) in [5.74, 6) is -2.59. The molecule has 0 aliphatic rings. The molecule has 3 N–H and O–H groups in total. The van der Waals surface area contributed by atoms with Crippen molar-refractivity contribution in [3.8, 4) is 0 Å². The van der Waals surface area contributed by atoms with Crippen molar-refractivity contribution in [3.05, 3.63) is 45.4 Å². The van der Waals surface area contributed by atoms with E-state index in [4.69, 9.17) is 10.2 Å². The quantitative estimate of drug-likeness (QED) is 0.776. The number of aromatic nitrogens is 1. The van der Waals surface area contributed by atoms with Crippen LogP contribution in [0.15, 0.2) is 24.3 Å². The number of anilines is 1. The third-order valence-corrected chi connectivity index (χ3v) is 3.74. The first kappa shape index (κ1) is 15.6. The fourth-order valence-electron chi connectivity index (χ4n) is 1.81. The fraction of sp³-hybridized carbons (Fsp3) is 0.143. The van der Waals surface area contributed by atoms with E-state index < -0.39 is 17.8 Å². The minimum absolute atomic E-state index is 0.0499. The van der Waals surface area contributed by atoms with E-state index in [9.17, 15) is 14.4 Å². The summed E-state index contributed by atoms with van der Waals surface area (Å²) in [6.45, 7) is 1.67. The second-order valence-electron chi connectivity index (χ2n) is 4.42. The summed E-state index contributed by atoms with van der Waals surface area (Å²) in [7, 11) is 0. The molecule has 0 saturated heterocycles. The van der Waals surface area contributed by atoms with Crippen molar-refractivity contribution in [2.75, 3.05) is 5.32 Å². The number of aryl methyl sites for hydroxylation is 1. The number of carbonyl (C=O) groups excluding carboxylic acids is 1. The number of rotatable bonds is 5. The van der Waals surface area contributed by atoms with Gasteiger partial charge >= 0.3 is 11.9 Å². The van der Waals surface area contributed by atoms with Crippen LogP contribution in [-0.4, -0.2) is 33.0 Å². The predicted octanol–water partition coefficient (Wildman–Crippen LogP) is 2.03. The standard InChI is InChI=1S/C14H12N2O5S/c1-7-15-10(12(22-7)14(20)21)6-11(17)16-9-4-2-8(3-5-9)13(18)19/h2-5H,6H2,1H3,(H,16,17)(H,18,19)(H,20,21). The molecule has 0 radical (unpaired) electrons. The zero-order chi connectivity index (χ0) is 16.3. The number of carbonyl (C=O) groups is 3. The van der Waals surface area contributed by atoms with Crippen molar-refractivity contribution in [1.29, 1.82) is 0 Å². The zero-order valence-electron chi connectivity index (χ0n) is 11.5. The molecular formula is C14H12N2O5S. The molecule has 0 aliphatic carbocycles. The van der Waals surface area contributed by atoms with Gasteiger partial charge in [0.15, 0.2) is 0 Å². The van der Waals surface area contributed by atoms with Crippen LogP contribution in [0.1, 0.15) is 30.7 Å². The number of amides is 1. The van der Waals surface area contributed by atoms with Gasteiger partial charge in [-0.15, -0.1) is 11.3 Å². The van der Waals surface area contributed by atoms with Gasteiger partial charge in [0, 0.05) is 5.69 Å². The number of nitrogens with one attached hydrogen (secondary N) is 1. The fourth-order valence-corrected chi connectivity index (χ4v) is 2.58. The van der Waals surface area contributed by atoms with Crippen LogP contribution in [0.3, 0.4) is 0 Å². The maximum Gasteiger partial charge on any atom is 0.347 e. The molecule has 114 valence electrons. The van der Waals surface area contributed by atoms with Gasteiger partial charge < -0.3 is 15.5 Å². The van der Waals surface area contributed by atoms with E-state index in [2.05, 4.69) is 10.3 Å². The lowest BCUT2D eigenvalue weighted by Crippen LogP contribution is -2.16. The first-order chi connectivity index (χ1) is 10.4. The van der Waals surface area contributed by atoms with E-state index in [0.29, 0.717) is 10.7 Å². The molecule has 0 spiro atoms. The zero-order valence-corrected chi connectivity index (χ0v) is 12.3. The Morgan fingerprint density at radius 2 is 1.77 bits per heavy atom. The second kappa shape index (κ2) is 6.35. The molecule has 0 fully saturated rings. The van der Waals surface area contributed by atoms with Crippen LogP contribution >= 0.6 is 11.3 Å². The van der Waals surface area contributed by atoms with Gasteiger partial charge in [-0.2, -0.15) is 0 Å². The predicted molar refractivity (Wildman–Crippen MR) is 79.5 cm³/mol. The molecule has 22 heavy (non-hydrogen) atoms. The van der Waals surface area contributed by atoms with Crippen molar-refractivity contribution < 1.29 is 24.6 Å². The van der Waals surface area contributed by atoms with Gasteiger partial charge in [0.05, 0.1) is 22.7 Å². The normalized spacial score (nSPS) is 10.2. The molecule has 1 amide bonds. The Balaban J connectivity index is 2.07. The van der Waals surface area contributed by atoms with Gasteiger partial charge in [0.2, 0.25) is 5.91 Å². The molecule has 0 atom stereocenters. The molecule has 1 aromatic carbocycles. The van der Waals surface area contributed by atoms with Crippen LogP contribution in [-0.2, 0) is 11.2 Å². The largest absolute Gasteiger partial charge is 0.478 e. The Morgan fingerprint density at radius 1 is 1.14 bits per heavy atom. The molecule has 0 saturated carbocycles. The number of aromatic carboxylic acids is 2. The van der Waals surface area contributed by atoms with E-state index in [1.54, 1.807) is 6.92 Å². The molecule has 7 nitrogen and oxygen atoms in total. The summed E-state index contributed by atoms with van der Waals surface area (Å²) in [6, 6.07) is 5.67. The Bertz CT molecular complexity index is 736. The Morgan fingerprint density at radius 3 is 2.32 bits per heavy atom. The summed E-state index contributed by atoms with van der Waals surface area (Å²) in [6.07, 6.45) is -0.160. The van der Waals surface area contributed by atoms with Gasteiger partial charge in [0.25, 0.3) is 0 Å². The minimum Gasteiger partial charge on any atom is -0.478 e. The minimum atomic E-state index is -1.11. The molecule has 0 bridgehead atoms. The van der Waals surface area contributed by atoms with Gasteiger partial charge in [-0.25, -0.2) is 14.6 Å². The number of benzene rings is 1. The van der Waals surface area contributed by atoms with Crippen molar-refractivity contribution in [1.82, 2.24) is 4.98 Å². The van der Waals surface area contributed by atoms with E-state index in [-0.39, 0.29) is 22.6 Å². The van der Waals surface area contributed by atoms with Crippen molar-refractivity contribution >= 4 is 34.9 Å². The average Bonchev–Trinajstić information content (AvgIpc) is 2.80. The molecule has 0 aliphatic heterocycles. The van der Waals surface area contributed by atoms with Gasteiger partial charge in [-0.3, -0.25) is 4.79 Å². The monoisotopic (exact) mass is 320 g/mol. The number of thiazole rings is 1. The van der Waals surface area contributed by atoms with Gasteiger partial charge in [-0.1, -0.05) is 0 Å². The smallest absolute Gasteiger partial charge is 0.347 e. The number of hydrogen-bond acceptors (Lipinski definition) is 5. The van der Waals surface area contributed by atoms with Crippen LogP contribution in [0, 0.1) is 6.92 Å². The topological polar surface area (TPSA) is 117 Å². The number of carboxylic acids is 2. The maximum absolute atomic E-state index is 11.9. The molecule has 1 heterocycles. The number of nitrogens with zero attached hydrogens (tertiary/aromatic N) is 1. The highest BCUT2D eigenvalue weighted by Crippen LogP contribution is 2.19. The lowest BCUT2D eigenvalue weighted by Gasteiger charge is -2.05. The Hall–Kier alpha value is -2.74. The third kappa shape index (κ3) is 3.67. The van der Waals surface area contributed by atoms with E-state index in [1.165, 1.54) is 24.3 Å². The molecule has 2 rings (SSSR count). The Labute approximate surface area is 129 Å². The van der Waals surface area contributed by atoms with Crippen LogP contribution in [0.5, 0.6) is 0 Å². The first-order valence-electron chi connectivity index (χ1n) is 6.19. The van der Waals surface area contributed by atoms with Crippen LogP contribution < -0.4 is 5.32 Å². The van der Waals surface area contributed by atoms with Crippen LogP contribution in [0.4, 0.5) is 5.69 Å². The summed E-state index contributed by atoms with van der Waals surface area (Å²) >= 11 is 1.02. The molecule has 0 unspecified atom stereocenters. The van der Waals surface area contributed by atoms with Crippen LogP contribution in [0.2, 0.25) is 0 Å². The summed E-state index contributed by atoms with van der Waals surface area (Å²) < 4.78 is 0. The van der Waals surface area contributed by atoms with E-state index in [0.717, 1.165) is 11.3 Å². The van der Waals surface area contributed by atoms with E-state index >= 15 is 0 Å². The van der Waals surface area contributed by atoms with Gasteiger partial charge in [-0.05, 0) is 31.2 Å². The summed E-state index contributed by atoms with van der Waals surface area (Å²) in [5.41, 5.74) is 0.759. The molecular weight excluding hydrogens is 308 g/mol. The molecule has 8 heteroatoms. The van der Waals surface area contributed by atoms with Crippen molar-refractivity contribution in [3.63, 3.8) is 0 Å². The van der Waals surface area contributed by atoms with Crippen molar-refractivity contribution in [2.24, 2.45) is 0 Å². The Kier molecular flexibility index (Phi) is 4.52. The third-order valence-electron chi connectivity index (χ3n) is 2.74. The van der Waals surface area contributed by atoms with E-state index in [1.807, 2.05) is 0 Å². The SMILES string of the molecule is Cc1nc(CC(=O)Nc2ccc(C(=O)O)cc2)c(C(=O)O)s1. The summed E-state index contributed by atoms with van der Waals surface area (Å²) in [4.78, 5) is 37.8.